The first-order valence-electron chi connectivity index (χ1n) is 7.94. The summed E-state index contributed by atoms with van der Waals surface area (Å²) in [4.78, 5) is 18.3. The summed E-state index contributed by atoms with van der Waals surface area (Å²) in [7, 11) is 0. The van der Waals surface area contributed by atoms with Gasteiger partial charge in [-0.2, -0.15) is 23.1 Å². The second-order valence-electron chi connectivity index (χ2n) is 6.13. The third kappa shape index (κ3) is 4.48. The van der Waals surface area contributed by atoms with Crippen LogP contribution in [0.4, 0.5) is 13.2 Å². The molecule has 1 aliphatic carbocycles. The van der Waals surface area contributed by atoms with E-state index < -0.39 is 23.9 Å². The number of hydrogen-bond acceptors (Lipinski definition) is 5. The van der Waals surface area contributed by atoms with Crippen molar-refractivity contribution in [2.75, 3.05) is 0 Å². The molecule has 0 amide bonds. The molecule has 1 aromatic heterocycles. The number of carboxylic acids is 1. The summed E-state index contributed by atoms with van der Waals surface area (Å²) in [6.07, 6.45) is -2.86. The number of ether oxygens (including phenoxy) is 1. The zero-order chi connectivity index (χ0) is 18.9. The van der Waals surface area contributed by atoms with Crippen molar-refractivity contribution in [3.63, 3.8) is 0 Å². The lowest BCUT2D eigenvalue weighted by atomic mass is 10.1. The fourth-order valence-corrected chi connectivity index (χ4v) is 2.36. The molecule has 1 saturated carbocycles. The van der Waals surface area contributed by atoms with E-state index in [0.717, 1.165) is 18.9 Å². The molecule has 3 N–H and O–H groups in total. The van der Waals surface area contributed by atoms with E-state index in [-0.39, 0.29) is 24.1 Å². The Hall–Kier alpha value is -2.68. The highest BCUT2D eigenvalue weighted by Crippen LogP contribution is 2.41. The molecule has 9 heteroatoms. The molecule has 26 heavy (non-hydrogen) atoms. The standard InChI is InChI=1S/C17H16F3N3O3/c18-17(19,20)14-8-13(10-3-4-10)22-16(23-14)26-11-5-1-9(2-6-11)7-12(21)15(24)25/h1-2,5-6,8,10,12H,3-4,7,21H2,(H,24,25). The van der Waals surface area contributed by atoms with E-state index in [9.17, 15) is 18.0 Å². The predicted molar refractivity (Wildman–Crippen MR) is 84.8 cm³/mol. The summed E-state index contributed by atoms with van der Waals surface area (Å²) in [5, 5.41) is 8.80. The quantitative estimate of drug-likeness (QED) is 0.814. The number of hydrogen-bond donors (Lipinski definition) is 2. The molecule has 3 rings (SSSR count). The number of aromatic nitrogens is 2. The van der Waals surface area contributed by atoms with Gasteiger partial charge >= 0.3 is 18.2 Å². The molecule has 0 aliphatic heterocycles. The van der Waals surface area contributed by atoms with Crippen molar-refractivity contribution >= 4 is 5.97 Å². The Kier molecular flexibility index (Phi) is 4.82. The normalized spacial score (nSPS) is 15.5. The van der Waals surface area contributed by atoms with Gasteiger partial charge in [-0.25, -0.2) is 0 Å². The van der Waals surface area contributed by atoms with E-state index in [4.69, 9.17) is 15.6 Å². The lowest BCUT2D eigenvalue weighted by Crippen LogP contribution is -2.32. The van der Waals surface area contributed by atoms with Gasteiger partial charge in [0.05, 0.1) is 5.69 Å². The summed E-state index contributed by atoms with van der Waals surface area (Å²) < 4.78 is 44.4. The average molecular weight is 367 g/mol. The maximum atomic E-state index is 13.0. The molecule has 1 aliphatic rings. The van der Waals surface area contributed by atoms with Crippen LogP contribution in [0.3, 0.4) is 0 Å². The Morgan fingerprint density at radius 3 is 2.46 bits per heavy atom. The van der Waals surface area contributed by atoms with Gasteiger partial charge in [-0.1, -0.05) is 12.1 Å². The lowest BCUT2D eigenvalue weighted by molar-refractivity contribution is -0.141. The molecule has 2 aromatic rings. The largest absolute Gasteiger partial charge is 0.480 e. The van der Waals surface area contributed by atoms with Crippen LogP contribution in [0, 0.1) is 0 Å². The van der Waals surface area contributed by atoms with Crippen LogP contribution < -0.4 is 10.5 Å². The molecule has 0 saturated heterocycles. The fraction of sp³-hybridized carbons (Fsp3) is 0.353. The van der Waals surface area contributed by atoms with Crippen LogP contribution in [-0.4, -0.2) is 27.1 Å². The Morgan fingerprint density at radius 2 is 1.92 bits per heavy atom. The van der Waals surface area contributed by atoms with E-state index in [2.05, 4.69) is 9.97 Å². The van der Waals surface area contributed by atoms with Crippen molar-refractivity contribution in [1.82, 2.24) is 9.97 Å². The molecule has 0 spiro atoms. The van der Waals surface area contributed by atoms with E-state index >= 15 is 0 Å². The Bertz CT molecular complexity index is 805. The molecule has 0 radical (unpaired) electrons. The third-order valence-electron chi connectivity index (χ3n) is 3.92. The predicted octanol–water partition coefficient (Wildman–Crippen LogP) is 3.12. The van der Waals surface area contributed by atoms with Gasteiger partial charge in [0.2, 0.25) is 0 Å². The highest BCUT2D eigenvalue weighted by atomic mass is 19.4. The molecule has 138 valence electrons. The van der Waals surface area contributed by atoms with Crippen molar-refractivity contribution in [2.45, 2.75) is 37.4 Å². The number of carbonyl (C=O) groups is 1. The molecule has 1 atom stereocenters. The number of benzene rings is 1. The van der Waals surface area contributed by atoms with Crippen LogP contribution in [0.1, 0.15) is 35.7 Å². The van der Waals surface area contributed by atoms with Crippen molar-refractivity contribution in [1.29, 1.82) is 0 Å². The number of aliphatic carboxylic acids is 1. The number of rotatable bonds is 6. The minimum absolute atomic E-state index is 0.0151. The number of carboxylic acid groups (broad SMARTS) is 1. The molecule has 1 heterocycles. The molecule has 6 nitrogen and oxygen atoms in total. The van der Waals surface area contributed by atoms with Crippen LogP contribution in [-0.2, 0) is 17.4 Å². The van der Waals surface area contributed by atoms with Gasteiger partial charge in [0.25, 0.3) is 0 Å². The van der Waals surface area contributed by atoms with Gasteiger partial charge < -0.3 is 15.6 Å². The van der Waals surface area contributed by atoms with Crippen LogP contribution in [0.15, 0.2) is 30.3 Å². The van der Waals surface area contributed by atoms with Crippen LogP contribution in [0.5, 0.6) is 11.8 Å². The monoisotopic (exact) mass is 367 g/mol. The summed E-state index contributed by atoms with van der Waals surface area (Å²) in [6.45, 7) is 0. The lowest BCUT2D eigenvalue weighted by Gasteiger charge is -2.11. The topological polar surface area (TPSA) is 98.3 Å². The van der Waals surface area contributed by atoms with Crippen molar-refractivity contribution in [3.05, 3.63) is 47.3 Å². The van der Waals surface area contributed by atoms with Gasteiger partial charge in [-0.3, -0.25) is 4.79 Å². The number of halogens is 3. The summed E-state index contributed by atoms with van der Waals surface area (Å²) >= 11 is 0. The zero-order valence-electron chi connectivity index (χ0n) is 13.5. The van der Waals surface area contributed by atoms with Gasteiger partial charge in [-0.05, 0) is 43.0 Å². The SMILES string of the molecule is NC(Cc1ccc(Oc2nc(C3CC3)cc(C(F)(F)F)n2)cc1)C(=O)O. The zero-order valence-corrected chi connectivity index (χ0v) is 13.5. The summed E-state index contributed by atoms with van der Waals surface area (Å²) in [5.74, 6) is -0.852. The Balaban J connectivity index is 1.78. The minimum Gasteiger partial charge on any atom is -0.480 e. The van der Waals surface area contributed by atoms with Crippen molar-refractivity contribution in [2.24, 2.45) is 5.73 Å². The van der Waals surface area contributed by atoms with Gasteiger partial charge in [-0.15, -0.1) is 0 Å². The van der Waals surface area contributed by atoms with Crippen LogP contribution in [0.2, 0.25) is 0 Å². The highest BCUT2D eigenvalue weighted by Gasteiger charge is 2.36. The third-order valence-corrected chi connectivity index (χ3v) is 3.92. The van der Waals surface area contributed by atoms with Crippen molar-refractivity contribution < 1.29 is 27.8 Å². The first-order valence-corrected chi connectivity index (χ1v) is 7.94. The smallest absolute Gasteiger partial charge is 0.433 e. The molecule has 1 aromatic carbocycles. The fourth-order valence-electron chi connectivity index (χ4n) is 2.36. The molecular weight excluding hydrogens is 351 g/mol. The maximum absolute atomic E-state index is 13.0. The van der Waals surface area contributed by atoms with Gasteiger partial charge in [0.1, 0.15) is 11.8 Å². The second-order valence-corrected chi connectivity index (χ2v) is 6.13. The molecular formula is C17H16F3N3O3. The minimum atomic E-state index is -4.58. The summed E-state index contributed by atoms with van der Waals surface area (Å²) in [6, 6.07) is 5.75. The van der Waals surface area contributed by atoms with E-state index in [1.54, 1.807) is 12.1 Å². The van der Waals surface area contributed by atoms with E-state index in [0.29, 0.717) is 11.3 Å². The number of nitrogens with two attached hydrogens (primary N) is 1. The van der Waals surface area contributed by atoms with E-state index in [1.165, 1.54) is 12.1 Å². The Morgan fingerprint density at radius 1 is 1.27 bits per heavy atom. The van der Waals surface area contributed by atoms with Gasteiger partial charge in [0.15, 0.2) is 5.69 Å². The van der Waals surface area contributed by atoms with Crippen molar-refractivity contribution in [3.8, 4) is 11.8 Å². The number of nitrogens with zero attached hydrogens (tertiary/aromatic N) is 2. The second kappa shape index (κ2) is 6.91. The summed E-state index contributed by atoms with van der Waals surface area (Å²) in [5.41, 5.74) is 5.42. The van der Waals surface area contributed by atoms with E-state index in [1.807, 2.05) is 0 Å². The maximum Gasteiger partial charge on any atom is 0.433 e. The molecule has 1 unspecified atom stereocenters. The first-order chi connectivity index (χ1) is 12.2. The molecule has 0 bridgehead atoms. The van der Waals surface area contributed by atoms with Crippen LogP contribution in [0.25, 0.3) is 0 Å². The highest BCUT2D eigenvalue weighted by molar-refractivity contribution is 5.73. The average Bonchev–Trinajstić information content (AvgIpc) is 3.40. The number of alkyl halides is 3. The molecule has 1 fully saturated rings. The first kappa shape index (κ1) is 18.1. The van der Waals surface area contributed by atoms with Gasteiger partial charge in [0, 0.05) is 5.92 Å². The van der Waals surface area contributed by atoms with Crippen LogP contribution >= 0.6 is 0 Å². The Labute approximate surface area is 146 Å².